The van der Waals surface area contributed by atoms with Crippen molar-refractivity contribution in [3.05, 3.63) is 71.4 Å². The van der Waals surface area contributed by atoms with Crippen LogP contribution in [0.25, 0.3) is 0 Å². The molecule has 4 rings (SSSR count). The van der Waals surface area contributed by atoms with Crippen molar-refractivity contribution in [1.82, 2.24) is 14.6 Å². The van der Waals surface area contributed by atoms with Gasteiger partial charge in [-0.1, -0.05) is 12.1 Å². The number of sulfonamides is 1. The number of carbonyl (C=O) groups is 3. The van der Waals surface area contributed by atoms with E-state index in [4.69, 9.17) is 0 Å². The molecule has 0 saturated heterocycles. The van der Waals surface area contributed by atoms with Gasteiger partial charge in [0.05, 0.1) is 16.7 Å². The van der Waals surface area contributed by atoms with Crippen LogP contribution in [-0.2, 0) is 30.8 Å². The number of nitrogens with zero attached hydrogens (tertiary/aromatic N) is 2. The molecule has 17 heteroatoms. The van der Waals surface area contributed by atoms with Gasteiger partial charge in [-0.3, -0.25) is 19.3 Å². The Labute approximate surface area is 229 Å². The average molecular weight is 618 g/mol. The molecule has 3 aromatic rings. The highest BCUT2D eigenvalue weighted by atomic mass is 32.3. The number of hydrogen-bond acceptors (Lipinski definition) is 9. The minimum Gasteiger partial charge on any atom is -0.480 e. The molecule has 0 fully saturated rings. The topological polar surface area (TPSA) is 168 Å². The molecule has 1 aromatic carbocycles. The molecule has 1 aliphatic rings. The van der Waals surface area contributed by atoms with E-state index in [0.717, 1.165) is 17.0 Å². The molecule has 2 aromatic heterocycles. The first-order valence-corrected chi connectivity index (χ1v) is 15.0. The number of thiophene rings is 1. The second-order valence-corrected chi connectivity index (χ2v) is 13.6. The number of imide groups is 1. The van der Waals surface area contributed by atoms with Gasteiger partial charge >= 0.3 is 12.1 Å². The third-order valence-electron chi connectivity index (χ3n) is 5.77. The monoisotopic (exact) mass is 617 g/mol. The second kappa shape index (κ2) is 10.7. The Morgan fingerprint density at radius 3 is 2.10 bits per heavy atom. The summed E-state index contributed by atoms with van der Waals surface area (Å²) in [5, 5.41) is 8.79. The maximum atomic E-state index is 12.8. The summed E-state index contributed by atoms with van der Waals surface area (Å²) >= 11 is 0.252. The first kappa shape index (κ1) is 29.3. The highest BCUT2D eigenvalue weighted by molar-refractivity contribution is 7.95. The number of aromatic nitrogens is 1. The van der Waals surface area contributed by atoms with Gasteiger partial charge in [0.25, 0.3) is 21.8 Å². The lowest BCUT2D eigenvalue weighted by Gasteiger charge is -2.17. The van der Waals surface area contributed by atoms with Crippen LogP contribution in [-0.4, -0.2) is 62.2 Å². The van der Waals surface area contributed by atoms with Gasteiger partial charge in [0.15, 0.2) is 5.03 Å². The Kier molecular flexibility index (Phi) is 7.85. The molecule has 212 valence electrons. The van der Waals surface area contributed by atoms with E-state index in [0.29, 0.717) is 18.3 Å². The fraction of sp³-hybridized carbons (Fsp3) is 0.217. The smallest absolute Gasteiger partial charge is 0.417 e. The lowest BCUT2D eigenvalue weighted by molar-refractivity contribution is -0.139. The number of fused-ring (bicyclic) bond motifs is 1. The standard InChI is InChI=1S/C23H18F3N3O8S3/c24-23(25,26)13-7-8-17(27-12-13)39(34,35)18-9-10-19(38-18)40(36,37)28-16(22(32)33)6-3-11-29-20(30)14-4-1-2-5-15(14)21(29)31/h1-2,4-5,7-10,12,16,28H,3,6,11H2,(H,32,33). The maximum absolute atomic E-state index is 12.8. The van der Waals surface area contributed by atoms with Crippen LogP contribution in [0, 0.1) is 0 Å². The number of hydrogen-bond donors (Lipinski definition) is 2. The van der Waals surface area contributed by atoms with Crippen LogP contribution in [0.1, 0.15) is 39.1 Å². The molecule has 1 aliphatic heterocycles. The first-order chi connectivity index (χ1) is 18.6. The molecule has 0 radical (unpaired) electrons. The number of nitrogens with one attached hydrogen (secondary N) is 1. The summed E-state index contributed by atoms with van der Waals surface area (Å²) in [5.41, 5.74) is -0.760. The summed E-state index contributed by atoms with van der Waals surface area (Å²) in [6.45, 7) is -0.167. The molecule has 40 heavy (non-hydrogen) atoms. The number of benzene rings is 1. The Morgan fingerprint density at radius 2 is 1.57 bits per heavy atom. The number of rotatable bonds is 10. The fourth-order valence-electron chi connectivity index (χ4n) is 3.78. The first-order valence-electron chi connectivity index (χ1n) is 11.2. The number of halogens is 3. The van der Waals surface area contributed by atoms with E-state index in [9.17, 15) is 49.5 Å². The molecule has 1 unspecified atom stereocenters. The Balaban J connectivity index is 1.44. The third-order valence-corrected chi connectivity index (χ3v) is 11.0. The second-order valence-electron chi connectivity index (χ2n) is 8.42. The van der Waals surface area contributed by atoms with Gasteiger partial charge in [0, 0.05) is 12.7 Å². The number of aliphatic carboxylic acids is 1. The predicted molar refractivity (Wildman–Crippen MR) is 132 cm³/mol. The zero-order valence-corrected chi connectivity index (χ0v) is 22.4. The van der Waals surface area contributed by atoms with Crippen molar-refractivity contribution in [3.63, 3.8) is 0 Å². The maximum Gasteiger partial charge on any atom is 0.417 e. The number of amides is 2. The molecule has 0 bridgehead atoms. The molecule has 11 nitrogen and oxygen atoms in total. The van der Waals surface area contributed by atoms with E-state index >= 15 is 0 Å². The number of pyridine rings is 1. The third kappa shape index (κ3) is 5.77. The minimum absolute atomic E-state index is 0.0609. The summed E-state index contributed by atoms with van der Waals surface area (Å²) in [7, 11) is -9.04. The molecule has 0 spiro atoms. The van der Waals surface area contributed by atoms with Crippen LogP contribution in [0.5, 0.6) is 0 Å². The van der Waals surface area contributed by atoms with Crippen LogP contribution < -0.4 is 4.72 Å². The van der Waals surface area contributed by atoms with E-state index in [1.807, 2.05) is 4.72 Å². The summed E-state index contributed by atoms with van der Waals surface area (Å²) in [6, 6.07) is 7.42. The van der Waals surface area contributed by atoms with E-state index in [2.05, 4.69) is 4.98 Å². The SMILES string of the molecule is O=C(O)C(CCCN1C(=O)c2ccccc2C1=O)NS(=O)(=O)c1ccc(S(=O)(=O)c2ccc(C(F)(F)F)cn2)s1. The van der Waals surface area contributed by atoms with Crippen molar-refractivity contribution in [3.8, 4) is 0 Å². The van der Waals surface area contributed by atoms with Gasteiger partial charge in [-0.05, 0) is 49.2 Å². The van der Waals surface area contributed by atoms with Gasteiger partial charge in [0.1, 0.15) is 14.5 Å². The molecule has 0 aliphatic carbocycles. The number of carbonyl (C=O) groups excluding carboxylic acids is 2. The highest BCUT2D eigenvalue weighted by Gasteiger charge is 2.36. The summed E-state index contributed by atoms with van der Waals surface area (Å²) in [4.78, 5) is 40.9. The number of sulfone groups is 1. The number of carboxylic acids is 1. The van der Waals surface area contributed by atoms with Crippen molar-refractivity contribution in [2.24, 2.45) is 0 Å². The normalized spacial score (nSPS) is 14.8. The van der Waals surface area contributed by atoms with Gasteiger partial charge in [-0.25, -0.2) is 21.8 Å². The number of carboxylic acid groups (broad SMARTS) is 1. The Morgan fingerprint density at radius 1 is 0.975 bits per heavy atom. The van der Waals surface area contributed by atoms with Crippen molar-refractivity contribution >= 4 is 49.0 Å². The van der Waals surface area contributed by atoms with E-state index < -0.39 is 68.9 Å². The van der Waals surface area contributed by atoms with Gasteiger partial charge in [-0.15, -0.1) is 11.3 Å². The van der Waals surface area contributed by atoms with Crippen molar-refractivity contribution < 1.29 is 49.5 Å². The largest absolute Gasteiger partial charge is 0.480 e. The summed E-state index contributed by atoms with van der Waals surface area (Å²) in [6.07, 6.45) is -4.78. The van der Waals surface area contributed by atoms with E-state index in [-0.39, 0.29) is 41.9 Å². The van der Waals surface area contributed by atoms with Crippen LogP contribution in [0.3, 0.4) is 0 Å². The molecule has 3 heterocycles. The Bertz CT molecular complexity index is 1670. The molecular weight excluding hydrogens is 599 g/mol. The average Bonchev–Trinajstić information content (AvgIpc) is 3.49. The molecule has 2 N–H and O–H groups in total. The fourth-order valence-corrected chi connectivity index (χ4v) is 8.07. The molecular formula is C23H18F3N3O8S3. The summed E-state index contributed by atoms with van der Waals surface area (Å²) < 4.78 is 90.3. The highest BCUT2D eigenvalue weighted by Crippen LogP contribution is 2.32. The predicted octanol–water partition coefficient (Wildman–Crippen LogP) is 2.80. The van der Waals surface area contributed by atoms with Gasteiger partial charge in [0.2, 0.25) is 9.84 Å². The molecule has 0 saturated carbocycles. The summed E-state index contributed by atoms with van der Waals surface area (Å²) in [5.74, 6) is -2.66. The molecule has 2 amide bonds. The van der Waals surface area contributed by atoms with Crippen molar-refractivity contribution in [1.29, 1.82) is 0 Å². The van der Waals surface area contributed by atoms with Crippen LogP contribution in [0.4, 0.5) is 13.2 Å². The minimum atomic E-state index is -4.74. The Hall–Kier alpha value is -3.67. The molecule has 1 atom stereocenters. The lowest BCUT2D eigenvalue weighted by Crippen LogP contribution is -2.41. The quantitative estimate of drug-likeness (QED) is 0.325. The van der Waals surface area contributed by atoms with E-state index in [1.54, 1.807) is 12.1 Å². The van der Waals surface area contributed by atoms with Crippen molar-refractivity contribution in [2.75, 3.05) is 6.54 Å². The number of alkyl halides is 3. The van der Waals surface area contributed by atoms with Crippen LogP contribution in [0.2, 0.25) is 0 Å². The van der Waals surface area contributed by atoms with Gasteiger partial charge in [-0.2, -0.15) is 17.9 Å². The zero-order valence-electron chi connectivity index (χ0n) is 20.0. The zero-order chi connectivity index (χ0) is 29.5. The van der Waals surface area contributed by atoms with Gasteiger partial charge < -0.3 is 5.11 Å². The van der Waals surface area contributed by atoms with Crippen LogP contribution >= 0.6 is 11.3 Å². The lowest BCUT2D eigenvalue weighted by atomic mass is 10.1. The van der Waals surface area contributed by atoms with Crippen molar-refractivity contribution in [2.45, 2.75) is 38.5 Å². The van der Waals surface area contributed by atoms with E-state index in [1.165, 1.54) is 12.1 Å². The van der Waals surface area contributed by atoms with Crippen LogP contribution in [0.15, 0.2) is 68.2 Å².